The second kappa shape index (κ2) is 10.2. The molecule has 1 heterocycles. The number of thiophene rings is 1. The fraction of sp³-hybridized carbons (Fsp3) is 0.385. The van der Waals surface area contributed by atoms with Crippen molar-refractivity contribution in [2.24, 2.45) is 0 Å². The number of aryl methyl sites for hydroxylation is 1. The van der Waals surface area contributed by atoms with Gasteiger partial charge in [-0.2, -0.15) is 8.42 Å². The molecule has 1 aromatic heterocycles. The van der Waals surface area contributed by atoms with Gasteiger partial charge in [0.1, 0.15) is 10.6 Å². The Kier molecular flexibility index (Phi) is 7.33. The lowest BCUT2D eigenvalue weighted by atomic mass is 9.86. The molecular weight excluding hydrogens is 438 g/mol. The van der Waals surface area contributed by atoms with Gasteiger partial charge in [0.05, 0.1) is 0 Å². The van der Waals surface area contributed by atoms with Gasteiger partial charge in [-0.15, -0.1) is 11.3 Å². The van der Waals surface area contributed by atoms with Gasteiger partial charge in [-0.25, -0.2) is 0 Å². The van der Waals surface area contributed by atoms with Crippen LogP contribution in [0, 0.1) is 6.92 Å². The molecule has 4 nitrogen and oxygen atoms in total. The molecule has 0 spiro atoms. The zero-order valence-electron chi connectivity index (χ0n) is 18.8. The predicted octanol–water partition coefficient (Wildman–Crippen LogP) is 5.64. The topological polar surface area (TPSA) is 46.6 Å². The third kappa shape index (κ3) is 5.42. The summed E-state index contributed by atoms with van der Waals surface area (Å²) in [5.74, 6) is 0.474. The van der Waals surface area contributed by atoms with Crippen molar-refractivity contribution in [2.45, 2.75) is 56.9 Å². The number of benzene rings is 2. The van der Waals surface area contributed by atoms with E-state index in [0.29, 0.717) is 11.8 Å². The number of nitrogens with zero attached hydrogens (tertiary/aromatic N) is 1. The van der Waals surface area contributed by atoms with E-state index < -0.39 is 10.1 Å². The van der Waals surface area contributed by atoms with Crippen LogP contribution in [0.15, 0.2) is 64.9 Å². The Morgan fingerprint density at radius 1 is 1.06 bits per heavy atom. The van der Waals surface area contributed by atoms with Crippen molar-refractivity contribution in [1.82, 2.24) is 4.90 Å². The first kappa shape index (κ1) is 23.0. The molecule has 1 atom stereocenters. The van der Waals surface area contributed by atoms with Crippen molar-refractivity contribution in [3.05, 3.63) is 81.5 Å². The zero-order chi connectivity index (χ0) is 22.6. The molecule has 0 bridgehead atoms. The van der Waals surface area contributed by atoms with Gasteiger partial charge < -0.3 is 4.18 Å². The van der Waals surface area contributed by atoms with Crippen LogP contribution in [0.4, 0.5) is 0 Å². The number of hydrogen-bond acceptors (Lipinski definition) is 5. The summed E-state index contributed by atoms with van der Waals surface area (Å²) in [6.45, 7) is 6.32. The van der Waals surface area contributed by atoms with Gasteiger partial charge in [0, 0.05) is 17.5 Å². The Morgan fingerprint density at radius 3 is 2.59 bits per heavy atom. The van der Waals surface area contributed by atoms with Crippen LogP contribution in [-0.4, -0.2) is 32.4 Å². The third-order valence-electron chi connectivity index (χ3n) is 6.18. The van der Waals surface area contributed by atoms with E-state index in [0.717, 1.165) is 56.3 Å². The predicted molar refractivity (Wildman–Crippen MR) is 131 cm³/mol. The molecule has 2 aromatic carbocycles. The molecule has 0 amide bonds. The van der Waals surface area contributed by atoms with Crippen LogP contribution in [0.2, 0.25) is 0 Å². The Bertz CT molecular complexity index is 1120. The Balaban J connectivity index is 1.49. The van der Waals surface area contributed by atoms with E-state index in [-0.39, 0.29) is 4.90 Å². The van der Waals surface area contributed by atoms with Gasteiger partial charge in [-0.05, 0) is 86.3 Å². The molecule has 32 heavy (non-hydrogen) atoms. The van der Waals surface area contributed by atoms with E-state index in [1.165, 1.54) is 10.4 Å². The lowest BCUT2D eigenvalue weighted by molar-refractivity contribution is 0.182. The summed E-state index contributed by atoms with van der Waals surface area (Å²) in [7, 11) is -3.85. The van der Waals surface area contributed by atoms with Crippen LogP contribution in [0.1, 0.15) is 41.3 Å². The molecule has 170 valence electrons. The van der Waals surface area contributed by atoms with E-state index in [1.807, 2.05) is 24.3 Å². The molecule has 4 rings (SSSR count). The van der Waals surface area contributed by atoms with Crippen LogP contribution in [0.5, 0.6) is 5.75 Å². The van der Waals surface area contributed by atoms with E-state index in [2.05, 4.69) is 35.4 Å². The highest BCUT2D eigenvalue weighted by Gasteiger charge is 2.27. The summed E-state index contributed by atoms with van der Waals surface area (Å²) in [5.41, 5.74) is 3.26. The van der Waals surface area contributed by atoms with Crippen LogP contribution >= 0.6 is 11.3 Å². The van der Waals surface area contributed by atoms with E-state index in [1.54, 1.807) is 30.3 Å². The Hall–Kier alpha value is -2.15. The molecule has 3 aromatic rings. The average molecular weight is 470 g/mol. The third-order valence-corrected chi connectivity index (χ3v) is 8.36. The van der Waals surface area contributed by atoms with Crippen LogP contribution in [-0.2, 0) is 29.4 Å². The van der Waals surface area contributed by atoms with Crippen molar-refractivity contribution in [1.29, 1.82) is 0 Å². The van der Waals surface area contributed by atoms with Crippen molar-refractivity contribution in [3.63, 3.8) is 0 Å². The highest BCUT2D eigenvalue weighted by Crippen LogP contribution is 2.33. The summed E-state index contributed by atoms with van der Waals surface area (Å²) < 4.78 is 31.3. The lowest BCUT2D eigenvalue weighted by Gasteiger charge is -2.35. The summed E-state index contributed by atoms with van der Waals surface area (Å²) in [6, 6.07) is 17.4. The summed E-state index contributed by atoms with van der Waals surface area (Å²) in [5, 5.41) is 2.14. The minimum atomic E-state index is -3.85. The molecule has 0 saturated heterocycles. The van der Waals surface area contributed by atoms with E-state index in [4.69, 9.17) is 4.18 Å². The normalized spacial score (nSPS) is 16.2. The number of fused-ring (bicyclic) bond motifs is 1. The van der Waals surface area contributed by atoms with Crippen molar-refractivity contribution >= 4 is 21.5 Å². The van der Waals surface area contributed by atoms with Crippen molar-refractivity contribution in [3.8, 4) is 5.75 Å². The standard InChI is InChI=1S/C26H31NO3S2/c1-3-16-27(17-15-23-7-5-18-31-23)22-11-14-25-21(19-22)6-4-8-26(25)30-32(28,29)24-12-9-20(2)10-13-24/h4-10,12-13,18,22H,3,11,14-17,19H2,1-2H3/t22-/m1/s1. The Labute approximate surface area is 196 Å². The molecule has 0 radical (unpaired) electrons. The zero-order valence-corrected chi connectivity index (χ0v) is 20.4. The second-order valence-corrected chi connectivity index (χ2v) is 11.1. The maximum absolute atomic E-state index is 12.8. The molecule has 0 unspecified atom stereocenters. The highest BCUT2D eigenvalue weighted by molar-refractivity contribution is 7.87. The first-order valence-electron chi connectivity index (χ1n) is 11.3. The minimum absolute atomic E-state index is 0.192. The quantitative estimate of drug-likeness (QED) is 0.381. The molecule has 0 fully saturated rings. The second-order valence-electron chi connectivity index (χ2n) is 8.51. The minimum Gasteiger partial charge on any atom is -0.379 e. The molecule has 0 N–H and O–H groups in total. The Morgan fingerprint density at radius 2 is 1.88 bits per heavy atom. The van der Waals surface area contributed by atoms with E-state index in [9.17, 15) is 8.42 Å². The smallest absolute Gasteiger partial charge is 0.339 e. The first-order valence-corrected chi connectivity index (χ1v) is 13.6. The SMILES string of the molecule is CCCN(CCc1cccs1)[C@@H]1CCc2c(cccc2OS(=O)(=O)c2ccc(C)cc2)C1. The molecular formula is C26H31NO3S2. The summed E-state index contributed by atoms with van der Waals surface area (Å²) in [4.78, 5) is 4.23. The van der Waals surface area contributed by atoms with Crippen molar-refractivity contribution < 1.29 is 12.6 Å². The first-order chi connectivity index (χ1) is 15.5. The highest BCUT2D eigenvalue weighted by atomic mass is 32.2. The van der Waals surface area contributed by atoms with Gasteiger partial charge in [0.2, 0.25) is 0 Å². The van der Waals surface area contributed by atoms with Gasteiger partial charge >= 0.3 is 10.1 Å². The maximum atomic E-state index is 12.8. The van der Waals surface area contributed by atoms with Gasteiger partial charge in [0.15, 0.2) is 0 Å². The van der Waals surface area contributed by atoms with E-state index >= 15 is 0 Å². The molecule has 1 aliphatic rings. The monoisotopic (exact) mass is 469 g/mol. The lowest BCUT2D eigenvalue weighted by Crippen LogP contribution is -2.41. The number of rotatable bonds is 9. The molecule has 6 heteroatoms. The molecule has 0 saturated carbocycles. The molecule has 0 aliphatic heterocycles. The fourth-order valence-corrected chi connectivity index (χ4v) is 6.14. The van der Waals surface area contributed by atoms with Crippen LogP contribution in [0.3, 0.4) is 0 Å². The van der Waals surface area contributed by atoms with Gasteiger partial charge in [-0.3, -0.25) is 4.90 Å². The van der Waals surface area contributed by atoms with Crippen molar-refractivity contribution in [2.75, 3.05) is 13.1 Å². The largest absolute Gasteiger partial charge is 0.379 e. The average Bonchev–Trinajstić information content (AvgIpc) is 3.30. The number of hydrogen-bond donors (Lipinski definition) is 0. The van der Waals surface area contributed by atoms with Crippen LogP contribution < -0.4 is 4.18 Å². The van der Waals surface area contributed by atoms with Gasteiger partial charge in [-0.1, -0.05) is 42.8 Å². The van der Waals surface area contributed by atoms with Crippen LogP contribution in [0.25, 0.3) is 0 Å². The fourth-order valence-electron chi connectivity index (χ4n) is 4.49. The molecule has 1 aliphatic carbocycles. The van der Waals surface area contributed by atoms with Gasteiger partial charge in [0.25, 0.3) is 0 Å². The maximum Gasteiger partial charge on any atom is 0.339 e. The summed E-state index contributed by atoms with van der Waals surface area (Å²) in [6.07, 6.45) is 4.99. The summed E-state index contributed by atoms with van der Waals surface area (Å²) >= 11 is 1.82.